The molecule has 29 heavy (non-hydrogen) atoms. The van der Waals surface area contributed by atoms with Gasteiger partial charge in [0, 0.05) is 6.54 Å². The van der Waals surface area contributed by atoms with Crippen molar-refractivity contribution in [3.05, 3.63) is 53.7 Å². The molecule has 2 heterocycles. The van der Waals surface area contributed by atoms with E-state index >= 15 is 0 Å². The Bertz CT molecular complexity index is 1030. The molecule has 8 nitrogen and oxygen atoms in total. The summed E-state index contributed by atoms with van der Waals surface area (Å²) in [6.07, 6.45) is 1.32. The fourth-order valence-electron chi connectivity index (χ4n) is 2.37. The van der Waals surface area contributed by atoms with Crippen LogP contribution in [0, 0.1) is 0 Å². The predicted molar refractivity (Wildman–Crippen MR) is 107 cm³/mol. The first kappa shape index (κ1) is 21.0. The summed E-state index contributed by atoms with van der Waals surface area (Å²) in [5, 5.41) is 1.91. The summed E-state index contributed by atoms with van der Waals surface area (Å²) in [4.78, 5) is 17.1. The third kappa shape index (κ3) is 5.89. The third-order valence-electron chi connectivity index (χ3n) is 3.73. The number of nitrogens with one attached hydrogen (secondary N) is 1. The molecule has 0 saturated carbocycles. The molecular formula is C19H20N2O6S2. The van der Waals surface area contributed by atoms with Crippen LogP contribution in [0.2, 0.25) is 0 Å². The van der Waals surface area contributed by atoms with Crippen LogP contribution in [0.4, 0.5) is 0 Å². The van der Waals surface area contributed by atoms with E-state index in [0.717, 1.165) is 4.88 Å². The van der Waals surface area contributed by atoms with Gasteiger partial charge in [0.05, 0.1) is 22.8 Å². The molecular weight excluding hydrogens is 416 g/mol. The Morgan fingerprint density at radius 2 is 2.03 bits per heavy atom. The first-order valence-electron chi connectivity index (χ1n) is 8.84. The summed E-state index contributed by atoms with van der Waals surface area (Å²) in [5.74, 6) is 0.513. The maximum absolute atomic E-state index is 12.3. The minimum atomic E-state index is -3.72. The maximum Gasteiger partial charge on any atom is 0.307 e. The summed E-state index contributed by atoms with van der Waals surface area (Å²) < 4.78 is 42.6. The van der Waals surface area contributed by atoms with Gasteiger partial charge in [-0.3, -0.25) is 4.79 Å². The predicted octanol–water partition coefficient (Wildman–Crippen LogP) is 3.21. The van der Waals surface area contributed by atoms with Crippen molar-refractivity contribution in [3.8, 4) is 16.5 Å². The lowest BCUT2D eigenvalue weighted by atomic mass is 10.3. The molecule has 2 aromatic heterocycles. The Morgan fingerprint density at radius 3 is 2.72 bits per heavy atom. The highest BCUT2D eigenvalue weighted by Gasteiger charge is 2.15. The van der Waals surface area contributed by atoms with E-state index in [1.165, 1.54) is 29.7 Å². The topological polar surface area (TPSA) is 108 Å². The number of aromatic nitrogens is 1. The van der Waals surface area contributed by atoms with Crippen molar-refractivity contribution in [1.82, 2.24) is 9.71 Å². The molecule has 0 fully saturated rings. The minimum absolute atomic E-state index is 0.0423. The van der Waals surface area contributed by atoms with Crippen molar-refractivity contribution in [2.75, 3.05) is 13.2 Å². The molecule has 0 aliphatic rings. The number of sulfonamides is 1. The second-order valence-electron chi connectivity index (χ2n) is 5.83. The molecule has 0 aliphatic heterocycles. The molecule has 0 amide bonds. The van der Waals surface area contributed by atoms with Gasteiger partial charge < -0.3 is 13.9 Å². The minimum Gasteiger partial charge on any atom is -0.494 e. The average molecular weight is 437 g/mol. The lowest BCUT2D eigenvalue weighted by Crippen LogP contribution is -2.26. The van der Waals surface area contributed by atoms with Crippen molar-refractivity contribution < 1.29 is 27.1 Å². The molecule has 0 spiro atoms. The molecule has 3 aromatic rings. The average Bonchev–Trinajstić information content (AvgIpc) is 3.39. The van der Waals surface area contributed by atoms with E-state index in [2.05, 4.69) is 9.71 Å². The number of benzene rings is 1. The van der Waals surface area contributed by atoms with Crippen molar-refractivity contribution in [1.29, 1.82) is 0 Å². The van der Waals surface area contributed by atoms with Gasteiger partial charge in [-0.25, -0.2) is 18.1 Å². The largest absolute Gasteiger partial charge is 0.494 e. The molecule has 1 aromatic carbocycles. The molecule has 0 saturated heterocycles. The summed E-state index contributed by atoms with van der Waals surface area (Å²) in [6, 6.07) is 9.81. The number of nitrogens with zero attached hydrogens (tertiary/aromatic N) is 1. The van der Waals surface area contributed by atoms with Crippen LogP contribution in [-0.4, -0.2) is 32.5 Å². The number of thiophene rings is 1. The molecule has 0 atom stereocenters. The van der Waals surface area contributed by atoms with Gasteiger partial charge in [-0.05, 0) is 42.6 Å². The Morgan fingerprint density at radius 1 is 1.24 bits per heavy atom. The SMILES string of the molecule is CCOc1ccc(S(=O)(=O)NCCC(=O)OCc2coc(-c3cccs3)n2)cc1. The Balaban J connectivity index is 1.43. The standard InChI is InChI=1S/C19H20N2O6S2/c1-2-25-15-5-7-16(8-6-15)29(23,24)20-10-9-18(22)26-12-14-13-27-19(21-14)17-4-3-11-28-17/h3-8,11,13,20H,2,9-10,12H2,1H3. The van der Waals surface area contributed by atoms with E-state index in [9.17, 15) is 13.2 Å². The summed E-state index contributed by atoms with van der Waals surface area (Å²) in [5.41, 5.74) is 0.483. The summed E-state index contributed by atoms with van der Waals surface area (Å²) in [7, 11) is -3.72. The van der Waals surface area contributed by atoms with Gasteiger partial charge >= 0.3 is 5.97 Å². The van der Waals surface area contributed by atoms with Gasteiger partial charge in [0.1, 0.15) is 24.3 Å². The van der Waals surface area contributed by atoms with Crippen LogP contribution in [0.5, 0.6) is 5.75 Å². The van der Waals surface area contributed by atoms with Gasteiger partial charge in [-0.2, -0.15) is 0 Å². The van der Waals surface area contributed by atoms with Crippen LogP contribution in [0.25, 0.3) is 10.8 Å². The van der Waals surface area contributed by atoms with E-state index in [-0.39, 0.29) is 24.5 Å². The highest BCUT2D eigenvalue weighted by atomic mass is 32.2. The normalized spacial score (nSPS) is 11.3. The van der Waals surface area contributed by atoms with Crippen LogP contribution < -0.4 is 9.46 Å². The quantitative estimate of drug-likeness (QED) is 0.486. The summed E-state index contributed by atoms with van der Waals surface area (Å²) >= 11 is 1.49. The number of rotatable bonds is 10. The molecule has 154 valence electrons. The van der Waals surface area contributed by atoms with Crippen molar-refractivity contribution in [2.45, 2.75) is 24.8 Å². The second kappa shape index (κ2) is 9.68. The fourth-order valence-corrected chi connectivity index (χ4v) is 4.05. The number of esters is 1. The van der Waals surface area contributed by atoms with Gasteiger partial charge in [0.15, 0.2) is 0 Å². The van der Waals surface area contributed by atoms with Crippen LogP contribution >= 0.6 is 11.3 Å². The van der Waals surface area contributed by atoms with Crippen LogP contribution in [-0.2, 0) is 26.2 Å². The maximum atomic E-state index is 12.3. The second-order valence-corrected chi connectivity index (χ2v) is 8.55. The molecule has 10 heteroatoms. The molecule has 3 rings (SSSR count). The number of carbonyl (C=O) groups is 1. The van der Waals surface area contributed by atoms with Crippen LogP contribution in [0.3, 0.4) is 0 Å². The monoisotopic (exact) mass is 436 g/mol. The fraction of sp³-hybridized carbons (Fsp3) is 0.263. The molecule has 0 bridgehead atoms. The zero-order chi connectivity index (χ0) is 20.7. The lowest BCUT2D eigenvalue weighted by molar-refractivity contribution is -0.144. The Hall–Kier alpha value is -2.69. The number of carbonyl (C=O) groups excluding carboxylic acids is 1. The van der Waals surface area contributed by atoms with Crippen molar-refractivity contribution >= 4 is 27.3 Å². The molecule has 0 unspecified atom stereocenters. The summed E-state index contributed by atoms with van der Waals surface area (Å²) in [6.45, 7) is 2.22. The number of hydrogen-bond acceptors (Lipinski definition) is 8. The van der Waals surface area contributed by atoms with Gasteiger partial charge in [0.2, 0.25) is 15.9 Å². The van der Waals surface area contributed by atoms with E-state index in [1.807, 2.05) is 24.4 Å². The van der Waals surface area contributed by atoms with E-state index in [1.54, 1.807) is 12.1 Å². The van der Waals surface area contributed by atoms with Crippen LogP contribution in [0.1, 0.15) is 19.0 Å². The van der Waals surface area contributed by atoms with Gasteiger partial charge in [-0.15, -0.1) is 11.3 Å². The van der Waals surface area contributed by atoms with Crippen molar-refractivity contribution in [3.63, 3.8) is 0 Å². The van der Waals surface area contributed by atoms with Gasteiger partial charge in [-0.1, -0.05) is 6.07 Å². The van der Waals surface area contributed by atoms with E-state index in [4.69, 9.17) is 13.9 Å². The highest BCUT2D eigenvalue weighted by molar-refractivity contribution is 7.89. The Kier molecular flexibility index (Phi) is 7.02. The van der Waals surface area contributed by atoms with Crippen molar-refractivity contribution in [2.24, 2.45) is 0 Å². The smallest absolute Gasteiger partial charge is 0.307 e. The Labute approximate surface area is 172 Å². The molecule has 1 N–H and O–H groups in total. The lowest BCUT2D eigenvalue weighted by Gasteiger charge is -2.08. The van der Waals surface area contributed by atoms with Crippen LogP contribution in [0.15, 0.2) is 57.4 Å². The zero-order valence-corrected chi connectivity index (χ0v) is 17.3. The third-order valence-corrected chi connectivity index (χ3v) is 6.07. The number of oxazole rings is 1. The molecule has 0 radical (unpaired) electrons. The molecule has 0 aliphatic carbocycles. The van der Waals surface area contributed by atoms with E-state index < -0.39 is 16.0 Å². The first-order chi connectivity index (χ1) is 14.0. The number of hydrogen-bond donors (Lipinski definition) is 1. The number of ether oxygens (including phenoxy) is 2. The first-order valence-corrected chi connectivity index (χ1v) is 11.2. The van der Waals surface area contributed by atoms with Gasteiger partial charge in [0.25, 0.3) is 0 Å². The highest BCUT2D eigenvalue weighted by Crippen LogP contribution is 2.23. The zero-order valence-electron chi connectivity index (χ0n) is 15.7. The van der Waals surface area contributed by atoms with E-state index in [0.29, 0.717) is 23.9 Å².